The van der Waals surface area contributed by atoms with Crippen LogP contribution in [0.25, 0.3) is 0 Å². The van der Waals surface area contributed by atoms with Gasteiger partial charge >= 0.3 is 0 Å². The van der Waals surface area contributed by atoms with Gasteiger partial charge in [0.1, 0.15) is 0 Å². The predicted molar refractivity (Wildman–Crippen MR) is 86.3 cm³/mol. The van der Waals surface area contributed by atoms with Crippen LogP contribution in [0.2, 0.25) is 5.02 Å². The van der Waals surface area contributed by atoms with Gasteiger partial charge in [-0.2, -0.15) is 5.10 Å². The molecule has 2 aromatic rings. The Balaban J connectivity index is 2.37. The fourth-order valence-corrected chi connectivity index (χ4v) is 2.94. The number of carbonyl (C=O) groups is 1. The Morgan fingerprint density at radius 2 is 2.19 bits per heavy atom. The van der Waals surface area contributed by atoms with Gasteiger partial charge in [-0.1, -0.05) is 11.6 Å². The standard InChI is InChI=1S/C14H15BrClN3O2/c1-4-21-13-10(15)5-9(16)6-11(13)17-14(20)12-7(2)18-19-8(12)3/h5-6H,4H2,1-3H3,(H,17,20)(H,18,19). The van der Waals surface area contributed by atoms with Crippen molar-refractivity contribution >= 4 is 39.1 Å². The minimum atomic E-state index is -0.256. The number of benzene rings is 1. The van der Waals surface area contributed by atoms with E-state index in [0.717, 1.165) is 0 Å². The van der Waals surface area contributed by atoms with Crippen molar-refractivity contribution in [2.75, 3.05) is 11.9 Å². The largest absolute Gasteiger partial charge is 0.491 e. The Morgan fingerprint density at radius 1 is 1.48 bits per heavy atom. The van der Waals surface area contributed by atoms with Gasteiger partial charge in [-0.25, -0.2) is 0 Å². The van der Waals surface area contributed by atoms with Crippen molar-refractivity contribution in [3.63, 3.8) is 0 Å². The molecule has 1 heterocycles. The van der Waals surface area contributed by atoms with E-state index in [1.165, 1.54) is 0 Å². The molecule has 0 saturated heterocycles. The first-order chi connectivity index (χ1) is 9.93. The minimum absolute atomic E-state index is 0.256. The molecular weight excluding hydrogens is 358 g/mol. The molecule has 0 fully saturated rings. The van der Waals surface area contributed by atoms with Crippen LogP contribution >= 0.6 is 27.5 Å². The molecule has 0 saturated carbocycles. The predicted octanol–water partition coefficient (Wildman–Crippen LogP) is 4.09. The van der Waals surface area contributed by atoms with Gasteiger partial charge in [-0.3, -0.25) is 9.89 Å². The summed E-state index contributed by atoms with van der Waals surface area (Å²) in [5.41, 5.74) is 2.39. The number of hydrogen-bond acceptors (Lipinski definition) is 3. The number of nitrogens with zero attached hydrogens (tertiary/aromatic N) is 1. The molecule has 2 rings (SSSR count). The average molecular weight is 373 g/mol. The first-order valence-electron chi connectivity index (χ1n) is 6.38. The maximum Gasteiger partial charge on any atom is 0.259 e. The molecule has 5 nitrogen and oxygen atoms in total. The Kier molecular flexibility index (Phi) is 4.90. The topological polar surface area (TPSA) is 67.0 Å². The third-order valence-corrected chi connectivity index (χ3v) is 3.71. The van der Waals surface area contributed by atoms with E-state index in [1.54, 1.807) is 26.0 Å². The van der Waals surface area contributed by atoms with Crippen LogP contribution in [-0.2, 0) is 0 Å². The third kappa shape index (κ3) is 3.39. The molecule has 0 atom stereocenters. The van der Waals surface area contributed by atoms with Gasteiger partial charge in [0.15, 0.2) is 5.75 Å². The lowest BCUT2D eigenvalue weighted by Gasteiger charge is -2.14. The lowest BCUT2D eigenvalue weighted by atomic mass is 10.2. The first kappa shape index (κ1) is 15.9. The van der Waals surface area contributed by atoms with Crippen molar-refractivity contribution in [3.05, 3.63) is 38.6 Å². The van der Waals surface area contributed by atoms with Crippen LogP contribution in [0, 0.1) is 13.8 Å². The molecule has 112 valence electrons. The summed E-state index contributed by atoms with van der Waals surface area (Å²) in [5, 5.41) is 10.1. The van der Waals surface area contributed by atoms with Crippen molar-refractivity contribution in [3.8, 4) is 5.75 Å². The number of hydrogen-bond donors (Lipinski definition) is 2. The second kappa shape index (κ2) is 6.49. The van der Waals surface area contributed by atoms with Gasteiger partial charge in [0, 0.05) is 10.7 Å². The summed E-state index contributed by atoms with van der Waals surface area (Å²) in [7, 11) is 0. The van der Waals surface area contributed by atoms with E-state index in [-0.39, 0.29) is 5.91 Å². The highest BCUT2D eigenvalue weighted by Gasteiger charge is 2.18. The molecule has 0 bridgehead atoms. The quantitative estimate of drug-likeness (QED) is 0.849. The van der Waals surface area contributed by atoms with Crippen molar-refractivity contribution in [2.45, 2.75) is 20.8 Å². The van der Waals surface area contributed by atoms with E-state index in [4.69, 9.17) is 16.3 Å². The second-order valence-electron chi connectivity index (χ2n) is 4.46. The summed E-state index contributed by atoms with van der Waals surface area (Å²) in [6.07, 6.45) is 0. The second-order valence-corrected chi connectivity index (χ2v) is 5.75. The molecule has 1 aromatic heterocycles. The minimum Gasteiger partial charge on any atom is -0.491 e. The lowest BCUT2D eigenvalue weighted by molar-refractivity contribution is 0.102. The van der Waals surface area contributed by atoms with Gasteiger partial charge < -0.3 is 10.1 Å². The lowest BCUT2D eigenvalue weighted by Crippen LogP contribution is -2.15. The molecular formula is C14H15BrClN3O2. The van der Waals surface area contributed by atoms with E-state index in [9.17, 15) is 4.79 Å². The zero-order chi connectivity index (χ0) is 15.6. The van der Waals surface area contributed by atoms with Crippen LogP contribution in [0.15, 0.2) is 16.6 Å². The molecule has 7 heteroatoms. The van der Waals surface area contributed by atoms with Crippen molar-refractivity contribution < 1.29 is 9.53 Å². The van der Waals surface area contributed by atoms with Crippen molar-refractivity contribution in [1.29, 1.82) is 0 Å². The molecule has 1 amide bonds. The molecule has 0 aliphatic rings. The highest BCUT2D eigenvalue weighted by molar-refractivity contribution is 9.10. The number of aromatic amines is 1. The summed E-state index contributed by atoms with van der Waals surface area (Å²) < 4.78 is 6.25. The number of ether oxygens (including phenoxy) is 1. The number of carbonyl (C=O) groups excluding carboxylic acids is 1. The maximum absolute atomic E-state index is 12.4. The summed E-state index contributed by atoms with van der Waals surface area (Å²) in [4.78, 5) is 12.4. The maximum atomic E-state index is 12.4. The molecule has 0 radical (unpaired) electrons. The smallest absolute Gasteiger partial charge is 0.259 e. The molecule has 1 aromatic carbocycles. The number of aromatic nitrogens is 2. The number of halogens is 2. The van der Waals surface area contributed by atoms with Crippen LogP contribution in [0.3, 0.4) is 0 Å². The zero-order valence-electron chi connectivity index (χ0n) is 11.9. The van der Waals surface area contributed by atoms with Crippen molar-refractivity contribution in [2.24, 2.45) is 0 Å². The molecule has 0 aliphatic heterocycles. The number of nitrogens with one attached hydrogen (secondary N) is 2. The Labute approximate surface area is 136 Å². The fourth-order valence-electron chi connectivity index (χ4n) is 2.01. The summed E-state index contributed by atoms with van der Waals surface area (Å²) in [6, 6.07) is 3.37. The monoisotopic (exact) mass is 371 g/mol. The van der Waals surface area contributed by atoms with Crippen LogP contribution in [0.4, 0.5) is 5.69 Å². The molecule has 0 unspecified atom stereocenters. The number of amides is 1. The van der Waals surface area contributed by atoms with Gasteiger partial charge in [0.25, 0.3) is 5.91 Å². The van der Waals surface area contributed by atoms with Gasteiger partial charge in [0.2, 0.25) is 0 Å². The molecule has 0 aliphatic carbocycles. The molecule has 2 N–H and O–H groups in total. The van der Waals surface area contributed by atoms with Gasteiger partial charge in [-0.15, -0.1) is 0 Å². The first-order valence-corrected chi connectivity index (χ1v) is 7.55. The number of anilines is 1. The van der Waals surface area contributed by atoms with Crippen LogP contribution in [0.1, 0.15) is 28.7 Å². The zero-order valence-corrected chi connectivity index (χ0v) is 14.2. The van der Waals surface area contributed by atoms with E-state index in [1.807, 2.05) is 6.92 Å². The normalized spacial score (nSPS) is 10.5. The number of rotatable bonds is 4. The highest BCUT2D eigenvalue weighted by atomic mass is 79.9. The Bertz CT molecular complexity index is 666. The fraction of sp³-hybridized carbons (Fsp3) is 0.286. The summed E-state index contributed by atoms with van der Waals surface area (Å²) >= 11 is 9.43. The molecule has 21 heavy (non-hydrogen) atoms. The van der Waals surface area contributed by atoms with E-state index in [2.05, 4.69) is 31.4 Å². The van der Waals surface area contributed by atoms with E-state index in [0.29, 0.717) is 44.5 Å². The summed E-state index contributed by atoms with van der Waals surface area (Å²) in [6.45, 7) is 5.92. The molecule has 0 spiro atoms. The van der Waals surface area contributed by atoms with Gasteiger partial charge in [-0.05, 0) is 48.8 Å². The Hall–Kier alpha value is -1.53. The van der Waals surface area contributed by atoms with E-state index < -0.39 is 0 Å². The van der Waals surface area contributed by atoms with E-state index >= 15 is 0 Å². The summed E-state index contributed by atoms with van der Waals surface area (Å²) in [5.74, 6) is 0.294. The Morgan fingerprint density at radius 3 is 2.76 bits per heavy atom. The third-order valence-electron chi connectivity index (χ3n) is 2.90. The number of H-pyrrole nitrogens is 1. The number of aryl methyl sites for hydroxylation is 2. The van der Waals surface area contributed by atoms with Crippen LogP contribution in [0.5, 0.6) is 5.75 Å². The SMILES string of the molecule is CCOc1c(Br)cc(Cl)cc1NC(=O)c1c(C)n[nH]c1C. The van der Waals surface area contributed by atoms with Gasteiger partial charge in [0.05, 0.1) is 28.0 Å². The average Bonchev–Trinajstić information content (AvgIpc) is 2.73. The van der Waals surface area contributed by atoms with Crippen LogP contribution in [-0.4, -0.2) is 22.7 Å². The van der Waals surface area contributed by atoms with Crippen molar-refractivity contribution in [1.82, 2.24) is 10.2 Å². The highest BCUT2D eigenvalue weighted by Crippen LogP contribution is 2.37. The van der Waals surface area contributed by atoms with Crippen LogP contribution < -0.4 is 10.1 Å².